The van der Waals surface area contributed by atoms with Gasteiger partial charge in [0.15, 0.2) is 18.6 Å². The predicted molar refractivity (Wildman–Crippen MR) is 213 cm³/mol. The number of aliphatic imine (C=N–C) groups is 1. The predicted octanol–water partition coefficient (Wildman–Crippen LogP) is -1.57. The number of amides is 4. The normalized spacial score (nSPS) is 15.9. The topological polar surface area (TPSA) is 333 Å². The van der Waals surface area contributed by atoms with Gasteiger partial charge < -0.3 is 71.9 Å². The Morgan fingerprint density at radius 3 is 2.26 bits per heavy atom. The number of aliphatic carboxylic acids is 2. The lowest BCUT2D eigenvalue weighted by molar-refractivity contribution is -0.160. The van der Waals surface area contributed by atoms with Crippen molar-refractivity contribution in [1.29, 1.82) is 0 Å². The van der Waals surface area contributed by atoms with E-state index in [-0.39, 0.29) is 31.8 Å². The highest BCUT2D eigenvalue weighted by atomic mass is 16.7. The maximum absolute atomic E-state index is 13.1. The maximum Gasteiger partial charge on any atom is 0.328 e. The van der Waals surface area contributed by atoms with E-state index in [0.717, 1.165) is 11.1 Å². The van der Waals surface area contributed by atoms with Gasteiger partial charge >= 0.3 is 17.9 Å². The number of guanidine groups is 1. The number of nitrogens with zero attached hydrogens (tertiary/aromatic N) is 2. The van der Waals surface area contributed by atoms with Crippen LogP contribution in [0.5, 0.6) is 5.75 Å². The van der Waals surface area contributed by atoms with Crippen molar-refractivity contribution in [2.75, 3.05) is 52.8 Å². The van der Waals surface area contributed by atoms with E-state index in [0.29, 0.717) is 43.5 Å². The first-order valence-electron chi connectivity index (χ1n) is 19.2. The van der Waals surface area contributed by atoms with Gasteiger partial charge in [-0.05, 0) is 18.4 Å². The lowest BCUT2D eigenvalue weighted by Crippen LogP contribution is -2.55. The minimum atomic E-state index is -1.77. The summed E-state index contributed by atoms with van der Waals surface area (Å²) in [5.41, 5.74) is 13.2. The van der Waals surface area contributed by atoms with Crippen molar-refractivity contribution < 1.29 is 67.8 Å². The molecule has 11 N–H and O–H groups in total. The summed E-state index contributed by atoms with van der Waals surface area (Å²) in [5.74, 6) is -6.73. The van der Waals surface area contributed by atoms with E-state index in [9.17, 15) is 38.7 Å². The Morgan fingerprint density at radius 1 is 0.869 bits per heavy atom. The Balaban J connectivity index is 1.32. The number of ether oxygens (including phenoxy) is 4. The van der Waals surface area contributed by atoms with Crippen LogP contribution in [-0.4, -0.2) is 139 Å². The number of nitrogens with two attached hydrogens (primary N) is 2. The first-order chi connectivity index (χ1) is 29.2. The second-order valence-corrected chi connectivity index (χ2v) is 13.6. The van der Waals surface area contributed by atoms with Crippen molar-refractivity contribution in [2.45, 2.75) is 56.3 Å². The quantitative estimate of drug-likeness (QED) is 0.0201. The first-order valence-corrected chi connectivity index (χ1v) is 19.2. The third-order valence-electron chi connectivity index (χ3n) is 9.13. The molecule has 330 valence electrons. The number of fused-ring (bicyclic) bond motifs is 1. The number of carbonyl (C=O) groups excluding carboxylic acids is 5. The molecule has 61 heavy (non-hydrogen) atoms. The van der Waals surface area contributed by atoms with Gasteiger partial charge in [0.1, 0.15) is 30.0 Å². The summed E-state index contributed by atoms with van der Waals surface area (Å²) >= 11 is 0. The van der Waals surface area contributed by atoms with Gasteiger partial charge in [0.2, 0.25) is 23.6 Å². The number of benzene rings is 2. The van der Waals surface area contributed by atoms with E-state index >= 15 is 0 Å². The molecule has 0 radical (unpaired) electrons. The molecule has 22 nitrogen and oxygen atoms in total. The number of nitrogens with one attached hydrogen (secondary N) is 4. The monoisotopic (exact) mass is 854 g/mol. The fraction of sp³-hybridized carbons (Fsp3) is 0.436. The molecule has 0 aliphatic carbocycles. The highest BCUT2D eigenvalue weighted by molar-refractivity contribution is 5.95. The van der Waals surface area contributed by atoms with Crippen LogP contribution < -0.4 is 37.5 Å². The minimum absolute atomic E-state index is 0.0193. The summed E-state index contributed by atoms with van der Waals surface area (Å²) < 4.78 is 23.3. The molecule has 0 bridgehead atoms. The minimum Gasteiger partial charge on any atom is -0.481 e. The van der Waals surface area contributed by atoms with Crippen LogP contribution in [0.4, 0.5) is 0 Å². The molecule has 0 spiro atoms. The number of morpholine rings is 1. The van der Waals surface area contributed by atoms with Crippen LogP contribution in [0.15, 0.2) is 65.5 Å². The number of carboxylic acid groups (broad SMARTS) is 2. The van der Waals surface area contributed by atoms with Crippen molar-refractivity contribution in [3.8, 4) is 16.9 Å². The van der Waals surface area contributed by atoms with E-state index in [1.54, 1.807) is 6.08 Å². The van der Waals surface area contributed by atoms with Crippen molar-refractivity contribution in [1.82, 2.24) is 26.2 Å². The van der Waals surface area contributed by atoms with Gasteiger partial charge in [-0.25, -0.2) is 4.79 Å². The summed E-state index contributed by atoms with van der Waals surface area (Å²) in [5, 5.41) is 36.2. The molecule has 0 saturated carbocycles. The van der Waals surface area contributed by atoms with Gasteiger partial charge in [-0.1, -0.05) is 48.5 Å². The Hall–Kier alpha value is -6.78. The number of para-hydroxylation sites is 1. The highest BCUT2D eigenvalue weighted by Crippen LogP contribution is 2.42. The van der Waals surface area contributed by atoms with E-state index in [1.165, 1.54) is 0 Å². The number of aliphatic hydroxyl groups is 1. The Kier molecular flexibility index (Phi) is 18.2. The summed E-state index contributed by atoms with van der Waals surface area (Å²) in [6, 6.07) is 10.6. The molecule has 4 rings (SSSR count). The zero-order valence-corrected chi connectivity index (χ0v) is 33.1. The number of aliphatic hydroxyl groups excluding tert-OH is 1. The van der Waals surface area contributed by atoms with Crippen molar-refractivity contribution >= 4 is 47.5 Å². The number of carbonyl (C=O) groups is 7. The lowest BCUT2D eigenvalue weighted by atomic mass is 9.97. The third-order valence-corrected chi connectivity index (χ3v) is 9.13. The molecule has 2 aromatic rings. The molecule has 2 aliphatic rings. The molecular weight excluding hydrogens is 804 g/mol. The SMILES string of the molecule is NC(N)=NCCC[C@H](NC(=O)CCC(=O)OCOC1C=C(N2CCOCC2)Oc2c(-c3ccccc3)cccc21)C(=O)NCC(=O)N[C@@H](CC(=O)O)C(=O)N[C@@H](CO)C(=O)O. The second kappa shape index (κ2) is 23.7. The molecular formula is C39H50N8O14. The van der Waals surface area contributed by atoms with Crippen molar-refractivity contribution in [2.24, 2.45) is 16.5 Å². The molecule has 2 aliphatic heterocycles. The van der Waals surface area contributed by atoms with Crippen LogP contribution in [0, 0.1) is 0 Å². The number of hydrogen-bond acceptors (Lipinski definition) is 14. The molecule has 1 saturated heterocycles. The summed E-state index contributed by atoms with van der Waals surface area (Å²) in [6.07, 6.45) is -0.409. The molecule has 1 fully saturated rings. The summed E-state index contributed by atoms with van der Waals surface area (Å²) in [6.45, 7) is 0.0878. The molecule has 1 unspecified atom stereocenters. The van der Waals surface area contributed by atoms with E-state index < -0.39 is 98.6 Å². The molecule has 0 aromatic heterocycles. The molecule has 22 heteroatoms. The molecule has 4 amide bonds. The van der Waals surface area contributed by atoms with Gasteiger partial charge in [-0.3, -0.25) is 33.8 Å². The Labute approximate surface area is 349 Å². The van der Waals surface area contributed by atoms with Crippen LogP contribution in [-0.2, 0) is 47.8 Å². The van der Waals surface area contributed by atoms with Gasteiger partial charge in [-0.2, -0.15) is 0 Å². The van der Waals surface area contributed by atoms with Crippen LogP contribution in [0.1, 0.15) is 43.8 Å². The summed E-state index contributed by atoms with van der Waals surface area (Å²) in [7, 11) is 0. The average molecular weight is 855 g/mol. The molecule has 2 heterocycles. The van der Waals surface area contributed by atoms with Crippen LogP contribution in [0.25, 0.3) is 11.1 Å². The standard InChI is InChI=1S/C39H50N8O14/c40-39(41)42-13-5-10-26(36(54)43-20-31(50)45-27(18-33(51)52)37(55)46-28(21-48)38(56)57)44-30(49)11-12-34(53)60-22-59-29-19-32(47-14-16-58-17-15-47)61-35-24(8-4-9-25(29)35)23-6-2-1-3-7-23/h1-4,6-9,19,26-29,48H,5,10-18,20-22H2,(H,43,54)(H,44,49)(H,45,50)(H,46,55)(H,51,52)(H,56,57)(H4,40,41,42)/t26-,27-,28-,29?/m0/s1. The fourth-order valence-electron chi connectivity index (χ4n) is 6.06. The molecule has 2 aromatic carbocycles. The number of esters is 1. The van der Waals surface area contributed by atoms with Crippen molar-refractivity contribution in [3.63, 3.8) is 0 Å². The highest BCUT2D eigenvalue weighted by Gasteiger charge is 2.31. The maximum atomic E-state index is 13.1. The smallest absolute Gasteiger partial charge is 0.328 e. The molecule has 4 atom stereocenters. The number of carboxylic acids is 2. The zero-order chi connectivity index (χ0) is 44.3. The van der Waals surface area contributed by atoms with Gasteiger partial charge in [0.05, 0.1) is 39.2 Å². The van der Waals surface area contributed by atoms with Crippen LogP contribution >= 0.6 is 0 Å². The van der Waals surface area contributed by atoms with Crippen LogP contribution in [0.3, 0.4) is 0 Å². The zero-order valence-electron chi connectivity index (χ0n) is 33.1. The van der Waals surface area contributed by atoms with Crippen molar-refractivity contribution in [3.05, 3.63) is 66.1 Å². The van der Waals surface area contributed by atoms with Crippen LogP contribution in [0.2, 0.25) is 0 Å². The van der Waals surface area contributed by atoms with E-state index in [1.807, 2.05) is 58.7 Å². The summed E-state index contributed by atoms with van der Waals surface area (Å²) in [4.78, 5) is 92.3. The number of hydrogen-bond donors (Lipinski definition) is 9. The fourth-order valence-corrected chi connectivity index (χ4v) is 6.06. The Morgan fingerprint density at radius 2 is 1.59 bits per heavy atom. The second-order valence-electron chi connectivity index (χ2n) is 13.6. The van der Waals surface area contributed by atoms with E-state index in [4.69, 9.17) is 40.6 Å². The number of rotatable bonds is 23. The third kappa shape index (κ3) is 15.1. The van der Waals surface area contributed by atoms with Gasteiger partial charge in [-0.15, -0.1) is 0 Å². The first kappa shape index (κ1) is 46.9. The van der Waals surface area contributed by atoms with Gasteiger partial charge in [0, 0.05) is 43.3 Å². The van der Waals surface area contributed by atoms with Gasteiger partial charge in [0.25, 0.3) is 0 Å². The lowest BCUT2D eigenvalue weighted by Gasteiger charge is -2.35. The Bertz CT molecular complexity index is 1940. The average Bonchev–Trinajstić information content (AvgIpc) is 3.24. The van der Waals surface area contributed by atoms with E-state index in [2.05, 4.69) is 20.9 Å². The largest absolute Gasteiger partial charge is 0.481 e.